The van der Waals surface area contributed by atoms with Gasteiger partial charge in [0.05, 0.1) is 12.7 Å². The van der Waals surface area contributed by atoms with E-state index in [1.807, 2.05) is 6.92 Å². The van der Waals surface area contributed by atoms with E-state index in [0.29, 0.717) is 6.42 Å². The van der Waals surface area contributed by atoms with Gasteiger partial charge in [0.15, 0.2) is 0 Å². The smallest absolute Gasteiger partial charge is 0.330 e. The predicted octanol–water partition coefficient (Wildman–Crippen LogP) is -0.241. The summed E-state index contributed by atoms with van der Waals surface area (Å²) in [6.45, 7) is 5.42. The number of carbonyl (C=O) groups excluding carboxylic acids is 1. The van der Waals surface area contributed by atoms with Gasteiger partial charge in [-0.2, -0.15) is 8.42 Å². The molecule has 5 rings (SSSR count). The quantitative estimate of drug-likeness (QED) is 0.299. The van der Waals surface area contributed by atoms with E-state index in [1.54, 1.807) is 0 Å². The maximum absolute atomic E-state index is 12.0. The third-order valence-electron chi connectivity index (χ3n) is 5.20. The monoisotopic (exact) mass is 316 g/mol. The molecule has 0 aromatic heterocycles. The molecule has 0 amide bonds. The van der Waals surface area contributed by atoms with E-state index in [0.717, 1.165) is 6.08 Å². The largest absolute Gasteiger partial charge is 0.460 e. The van der Waals surface area contributed by atoms with Crippen LogP contribution in [0.2, 0.25) is 0 Å². The normalized spacial score (nSPS) is 50.7. The van der Waals surface area contributed by atoms with Crippen molar-refractivity contribution in [2.45, 2.75) is 42.0 Å². The minimum Gasteiger partial charge on any atom is -0.460 e. The Balaban J connectivity index is 1.46. The molecule has 1 spiro atoms. The molecule has 3 heterocycles. The number of ether oxygens (including phenoxy) is 3. The Labute approximate surface area is 122 Å². The first-order valence-corrected chi connectivity index (χ1v) is 8.36. The Bertz CT molecular complexity index is 628. The molecule has 6 atom stereocenters. The summed E-state index contributed by atoms with van der Waals surface area (Å²) < 4.78 is 45.7. The van der Waals surface area contributed by atoms with E-state index >= 15 is 0 Å². The van der Waals surface area contributed by atoms with Crippen LogP contribution in [0.5, 0.6) is 0 Å². The van der Waals surface area contributed by atoms with Gasteiger partial charge in [-0.3, -0.25) is 4.18 Å². The van der Waals surface area contributed by atoms with Crippen LogP contribution in [0.25, 0.3) is 0 Å². The molecule has 0 aromatic carbocycles. The number of hydrogen-bond acceptors (Lipinski definition) is 7. The van der Waals surface area contributed by atoms with E-state index in [4.69, 9.17) is 18.4 Å². The first-order valence-electron chi connectivity index (χ1n) is 6.89. The lowest BCUT2D eigenvalue weighted by atomic mass is 9.53. The second-order valence-corrected chi connectivity index (χ2v) is 7.83. The van der Waals surface area contributed by atoms with Crippen molar-refractivity contribution in [1.29, 1.82) is 0 Å². The standard InChI is InChI=1S/C13H16O7S/c1-3-9(14)17-4-5-18-12(2)10-7-6-8-13(10,19-7)11(12)20-21(8,15)16/h3,7-8,10-11H,1,4-6H2,2H3. The summed E-state index contributed by atoms with van der Waals surface area (Å²) in [6, 6.07) is 0. The molecule has 7 nitrogen and oxygen atoms in total. The minimum absolute atomic E-state index is 0.0346. The molecule has 0 N–H and O–H groups in total. The zero-order valence-corrected chi connectivity index (χ0v) is 12.3. The van der Waals surface area contributed by atoms with Gasteiger partial charge in [0.25, 0.3) is 10.1 Å². The van der Waals surface area contributed by atoms with Gasteiger partial charge in [-0.1, -0.05) is 6.58 Å². The molecule has 21 heavy (non-hydrogen) atoms. The topological polar surface area (TPSA) is 88.1 Å². The molecule has 3 saturated heterocycles. The van der Waals surface area contributed by atoms with Gasteiger partial charge in [0.2, 0.25) is 0 Å². The second-order valence-electron chi connectivity index (χ2n) is 6.08. The summed E-state index contributed by atoms with van der Waals surface area (Å²) in [5, 5.41) is -0.555. The van der Waals surface area contributed by atoms with E-state index < -0.39 is 38.6 Å². The van der Waals surface area contributed by atoms with Gasteiger partial charge in [-0.05, 0) is 13.3 Å². The summed E-state index contributed by atoms with van der Waals surface area (Å²) >= 11 is 0. The summed E-state index contributed by atoms with van der Waals surface area (Å²) in [5.41, 5.74) is -1.40. The zero-order valence-electron chi connectivity index (χ0n) is 11.5. The van der Waals surface area contributed by atoms with E-state index in [2.05, 4.69) is 6.58 Å². The maximum Gasteiger partial charge on any atom is 0.330 e. The summed E-state index contributed by atoms with van der Waals surface area (Å²) in [7, 11) is -3.57. The van der Waals surface area contributed by atoms with Crippen molar-refractivity contribution < 1.29 is 31.6 Å². The number of rotatable bonds is 5. The Hall–Kier alpha value is -0.960. The Morgan fingerprint density at radius 3 is 2.95 bits per heavy atom. The zero-order chi connectivity index (χ0) is 15.0. The minimum atomic E-state index is -3.57. The first-order chi connectivity index (χ1) is 9.86. The van der Waals surface area contributed by atoms with E-state index in [-0.39, 0.29) is 25.2 Å². The lowest BCUT2D eigenvalue weighted by Crippen LogP contribution is -2.84. The van der Waals surface area contributed by atoms with Crippen LogP contribution in [0.15, 0.2) is 12.7 Å². The summed E-state index contributed by atoms with van der Waals surface area (Å²) in [6.07, 6.45) is 0.884. The molecule has 2 saturated carbocycles. The highest BCUT2D eigenvalue weighted by Gasteiger charge is 2.92. The van der Waals surface area contributed by atoms with Crippen molar-refractivity contribution in [3.05, 3.63) is 12.7 Å². The average molecular weight is 316 g/mol. The van der Waals surface area contributed by atoms with Crippen LogP contribution in [0.4, 0.5) is 0 Å². The van der Waals surface area contributed by atoms with Gasteiger partial charge in [0.1, 0.15) is 29.2 Å². The van der Waals surface area contributed by atoms with Crippen molar-refractivity contribution >= 4 is 16.1 Å². The highest BCUT2D eigenvalue weighted by Crippen LogP contribution is 2.74. The molecule has 5 aliphatic rings. The molecule has 116 valence electrons. The van der Waals surface area contributed by atoms with Crippen LogP contribution in [-0.2, 0) is 33.3 Å². The fourth-order valence-corrected chi connectivity index (χ4v) is 6.49. The Morgan fingerprint density at radius 2 is 2.24 bits per heavy atom. The van der Waals surface area contributed by atoms with Crippen molar-refractivity contribution in [3.8, 4) is 0 Å². The molecule has 5 fully saturated rings. The van der Waals surface area contributed by atoms with Crippen LogP contribution in [0.1, 0.15) is 13.3 Å². The number of esters is 1. The van der Waals surface area contributed by atoms with Crippen LogP contribution in [0, 0.1) is 5.92 Å². The molecule has 6 unspecified atom stereocenters. The van der Waals surface area contributed by atoms with Gasteiger partial charge in [-0.15, -0.1) is 0 Å². The molecule has 0 aromatic rings. The van der Waals surface area contributed by atoms with Crippen LogP contribution < -0.4 is 0 Å². The molecule has 2 bridgehead atoms. The van der Waals surface area contributed by atoms with E-state index in [1.165, 1.54) is 0 Å². The van der Waals surface area contributed by atoms with Crippen molar-refractivity contribution in [1.82, 2.24) is 0 Å². The highest BCUT2D eigenvalue weighted by atomic mass is 32.2. The third kappa shape index (κ3) is 1.39. The molecule has 0 radical (unpaired) electrons. The Morgan fingerprint density at radius 1 is 1.48 bits per heavy atom. The van der Waals surface area contributed by atoms with Crippen LogP contribution >= 0.6 is 0 Å². The van der Waals surface area contributed by atoms with Crippen LogP contribution in [-0.4, -0.2) is 56.3 Å². The van der Waals surface area contributed by atoms with Crippen molar-refractivity contribution in [2.75, 3.05) is 13.2 Å². The molecule has 3 aliphatic heterocycles. The SMILES string of the molecule is C=CC(=O)OCCOC1(C)C2OS(=O)(=O)C3CC4OC23C41. The highest BCUT2D eigenvalue weighted by molar-refractivity contribution is 7.87. The van der Waals surface area contributed by atoms with E-state index in [9.17, 15) is 13.2 Å². The molecular formula is C13H16O7S. The predicted molar refractivity (Wildman–Crippen MR) is 68.8 cm³/mol. The van der Waals surface area contributed by atoms with Gasteiger partial charge in [-0.25, -0.2) is 4.79 Å². The first kappa shape index (κ1) is 13.7. The van der Waals surface area contributed by atoms with Crippen molar-refractivity contribution in [2.24, 2.45) is 5.92 Å². The lowest BCUT2D eigenvalue weighted by Gasteiger charge is -2.67. The second kappa shape index (κ2) is 3.87. The lowest BCUT2D eigenvalue weighted by molar-refractivity contribution is -0.397. The molecular weight excluding hydrogens is 300 g/mol. The fourth-order valence-electron chi connectivity index (χ4n) is 4.55. The van der Waals surface area contributed by atoms with Gasteiger partial charge >= 0.3 is 5.97 Å². The maximum atomic E-state index is 12.0. The number of hydrogen-bond donors (Lipinski definition) is 0. The van der Waals surface area contributed by atoms with Gasteiger partial charge in [0, 0.05) is 12.0 Å². The molecule has 2 aliphatic carbocycles. The third-order valence-corrected chi connectivity index (χ3v) is 6.92. The van der Waals surface area contributed by atoms with Crippen molar-refractivity contribution in [3.63, 3.8) is 0 Å². The van der Waals surface area contributed by atoms with Gasteiger partial charge < -0.3 is 14.2 Å². The van der Waals surface area contributed by atoms with Crippen LogP contribution in [0.3, 0.4) is 0 Å². The fraction of sp³-hybridized carbons (Fsp3) is 0.769. The summed E-state index contributed by atoms with van der Waals surface area (Å²) in [5.74, 6) is -0.479. The Kier molecular flexibility index (Phi) is 2.52. The summed E-state index contributed by atoms with van der Waals surface area (Å²) in [4.78, 5) is 11.0. The number of carbonyl (C=O) groups is 1. The molecule has 8 heteroatoms. The average Bonchev–Trinajstić information content (AvgIpc) is 3.00.